The van der Waals surface area contributed by atoms with Crippen molar-refractivity contribution in [2.24, 2.45) is 0 Å². The molecule has 0 aliphatic carbocycles. The van der Waals surface area contributed by atoms with Crippen LogP contribution in [0.1, 0.15) is 18.2 Å². The number of urea groups is 1. The minimum Gasteiger partial charge on any atom is -0.494 e. The molecule has 2 rings (SSSR count). The fourth-order valence-electron chi connectivity index (χ4n) is 1.61. The number of ether oxygens (including phenoxy) is 1. The van der Waals surface area contributed by atoms with E-state index in [-0.39, 0.29) is 6.03 Å². The van der Waals surface area contributed by atoms with Crippen molar-refractivity contribution < 1.29 is 9.53 Å². The molecule has 2 aromatic rings. The van der Waals surface area contributed by atoms with Gasteiger partial charge in [0.05, 0.1) is 12.3 Å². The molecule has 1 aromatic heterocycles. The minimum absolute atomic E-state index is 0.256. The highest BCUT2D eigenvalue weighted by Gasteiger charge is 2.04. The first-order valence-electron chi connectivity index (χ1n) is 6.36. The maximum Gasteiger partial charge on any atom is 0.321 e. The first kappa shape index (κ1) is 14.3. The van der Waals surface area contributed by atoms with Crippen molar-refractivity contribution in [1.29, 1.82) is 0 Å². The van der Waals surface area contributed by atoms with Gasteiger partial charge in [-0.15, -0.1) is 11.3 Å². The fourth-order valence-corrected chi connectivity index (χ4v) is 2.29. The van der Waals surface area contributed by atoms with E-state index in [1.807, 2.05) is 43.5 Å². The van der Waals surface area contributed by atoms with E-state index < -0.39 is 0 Å². The summed E-state index contributed by atoms with van der Waals surface area (Å²) in [4.78, 5) is 15.9. The van der Waals surface area contributed by atoms with Crippen LogP contribution in [-0.4, -0.2) is 17.6 Å². The van der Waals surface area contributed by atoms with Crippen LogP contribution in [0.3, 0.4) is 0 Å². The first-order valence-corrected chi connectivity index (χ1v) is 7.24. The van der Waals surface area contributed by atoms with E-state index in [4.69, 9.17) is 4.74 Å². The monoisotopic (exact) mass is 291 g/mol. The lowest BCUT2D eigenvalue weighted by molar-refractivity contribution is 0.251. The number of amides is 2. The van der Waals surface area contributed by atoms with Crippen molar-refractivity contribution in [2.45, 2.75) is 20.4 Å². The molecule has 20 heavy (non-hydrogen) atoms. The molecule has 0 atom stereocenters. The summed E-state index contributed by atoms with van der Waals surface area (Å²) in [6, 6.07) is 7.39. The molecule has 0 aliphatic rings. The number of anilines is 1. The van der Waals surface area contributed by atoms with Crippen molar-refractivity contribution in [2.75, 3.05) is 11.9 Å². The molecule has 0 saturated heterocycles. The standard InChI is InChI=1S/C14H17N3O2S/c1-3-19-12-6-4-11(5-7-12)8-15-13(18)17-14-16-10(2)9-20-14/h4-7,9H,3,8H2,1-2H3,(H2,15,16,17,18). The Labute approximate surface area is 122 Å². The topological polar surface area (TPSA) is 63.2 Å². The predicted molar refractivity (Wildman–Crippen MR) is 80.3 cm³/mol. The summed E-state index contributed by atoms with van der Waals surface area (Å²) in [6.45, 7) is 4.94. The van der Waals surface area contributed by atoms with Gasteiger partial charge in [-0.25, -0.2) is 9.78 Å². The van der Waals surface area contributed by atoms with Crippen LogP contribution in [0.25, 0.3) is 0 Å². The molecule has 0 unspecified atom stereocenters. The van der Waals surface area contributed by atoms with Crippen LogP contribution >= 0.6 is 11.3 Å². The van der Waals surface area contributed by atoms with Crippen LogP contribution in [0.2, 0.25) is 0 Å². The van der Waals surface area contributed by atoms with Crippen molar-refractivity contribution in [3.8, 4) is 5.75 Å². The molecular formula is C14H17N3O2S. The van der Waals surface area contributed by atoms with Gasteiger partial charge in [0.1, 0.15) is 5.75 Å². The molecule has 106 valence electrons. The summed E-state index contributed by atoms with van der Waals surface area (Å²) in [5.41, 5.74) is 1.91. The molecule has 6 heteroatoms. The Balaban J connectivity index is 1.80. The van der Waals surface area contributed by atoms with Crippen molar-refractivity contribution in [1.82, 2.24) is 10.3 Å². The molecule has 0 bridgehead atoms. The van der Waals surface area contributed by atoms with E-state index in [0.29, 0.717) is 18.3 Å². The van der Waals surface area contributed by atoms with Crippen molar-refractivity contribution in [3.05, 3.63) is 40.9 Å². The second kappa shape index (κ2) is 6.91. The number of hydrogen-bond acceptors (Lipinski definition) is 4. The average Bonchev–Trinajstić information content (AvgIpc) is 2.84. The van der Waals surface area contributed by atoms with Crippen LogP contribution in [0, 0.1) is 6.92 Å². The van der Waals surface area contributed by atoms with Gasteiger partial charge in [-0.05, 0) is 31.5 Å². The highest BCUT2D eigenvalue weighted by atomic mass is 32.1. The van der Waals surface area contributed by atoms with Gasteiger partial charge in [-0.1, -0.05) is 12.1 Å². The molecule has 2 N–H and O–H groups in total. The normalized spacial score (nSPS) is 10.1. The van der Waals surface area contributed by atoms with Gasteiger partial charge in [0, 0.05) is 11.9 Å². The number of benzene rings is 1. The highest BCUT2D eigenvalue weighted by Crippen LogP contribution is 2.14. The summed E-state index contributed by atoms with van der Waals surface area (Å²) in [6.07, 6.45) is 0. The number of thiazole rings is 1. The third-order valence-corrected chi connectivity index (χ3v) is 3.40. The molecule has 2 amide bonds. The zero-order chi connectivity index (χ0) is 14.4. The molecule has 0 saturated carbocycles. The Morgan fingerprint density at radius 1 is 1.35 bits per heavy atom. The third-order valence-electron chi connectivity index (χ3n) is 2.53. The number of aromatic nitrogens is 1. The summed E-state index contributed by atoms with van der Waals surface area (Å²) >= 11 is 1.41. The van der Waals surface area contributed by atoms with Gasteiger partial charge in [0.15, 0.2) is 5.13 Å². The lowest BCUT2D eigenvalue weighted by Crippen LogP contribution is -2.28. The van der Waals surface area contributed by atoms with Crippen molar-refractivity contribution >= 4 is 22.5 Å². The number of carbonyl (C=O) groups is 1. The van der Waals surface area contributed by atoms with E-state index in [9.17, 15) is 4.79 Å². The summed E-state index contributed by atoms with van der Waals surface area (Å²) < 4.78 is 5.36. The van der Waals surface area contributed by atoms with E-state index in [1.165, 1.54) is 11.3 Å². The lowest BCUT2D eigenvalue weighted by atomic mass is 10.2. The van der Waals surface area contributed by atoms with Crippen molar-refractivity contribution in [3.63, 3.8) is 0 Å². The molecular weight excluding hydrogens is 274 g/mol. The smallest absolute Gasteiger partial charge is 0.321 e. The number of carbonyl (C=O) groups excluding carboxylic acids is 1. The van der Waals surface area contributed by atoms with Gasteiger partial charge < -0.3 is 10.1 Å². The molecule has 0 radical (unpaired) electrons. The van der Waals surface area contributed by atoms with Gasteiger partial charge >= 0.3 is 6.03 Å². The quantitative estimate of drug-likeness (QED) is 0.889. The molecule has 1 heterocycles. The maximum atomic E-state index is 11.7. The number of nitrogens with one attached hydrogen (secondary N) is 2. The van der Waals surface area contributed by atoms with Gasteiger partial charge in [-0.3, -0.25) is 5.32 Å². The van der Waals surface area contributed by atoms with E-state index in [2.05, 4.69) is 15.6 Å². The van der Waals surface area contributed by atoms with Gasteiger partial charge in [0.2, 0.25) is 0 Å². The van der Waals surface area contributed by atoms with Crippen LogP contribution in [0.15, 0.2) is 29.6 Å². The Kier molecular flexibility index (Phi) is 4.95. The van der Waals surface area contributed by atoms with Gasteiger partial charge in [0.25, 0.3) is 0 Å². The van der Waals surface area contributed by atoms with Gasteiger partial charge in [-0.2, -0.15) is 0 Å². The number of hydrogen-bond donors (Lipinski definition) is 2. The van der Waals surface area contributed by atoms with E-state index >= 15 is 0 Å². The van der Waals surface area contributed by atoms with Crippen LogP contribution in [0.5, 0.6) is 5.75 Å². The lowest BCUT2D eigenvalue weighted by Gasteiger charge is -2.07. The maximum absolute atomic E-state index is 11.7. The average molecular weight is 291 g/mol. The summed E-state index contributed by atoms with van der Waals surface area (Å²) in [7, 11) is 0. The predicted octanol–water partition coefficient (Wildman–Crippen LogP) is 3.17. The zero-order valence-corrected chi connectivity index (χ0v) is 12.3. The Morgan fingerprint density at radius 3 is 2.70 bits per heavy atom. The number of aryl methyl sites for hydroxylation is 1. The minimum atomic E-state index is -0.256. The SMILES string of the molecule is CCOc1ccc(CNC(=O)Nc2nc(C)cs2)cc1. The molecule has 1 aromatic carbocycles. The molecule has 5 nitrogen and oxygen atoms in total. The van der Waals surface area contributed by atoms with Crippen LogP contribution in [-0.2, 0) is 6.54 Å². The fraction of sp³-hybridized carbons (Fsp3) is 0.286. The Hall–Kier alpha value is -2.08. The second-order valence-electron chi connectivity index (χ2n) is 4.18. The highest BCUT2D eigenvalue weighted by molar-refractivity contribution is 7.13. The second-order valence-corrected chi connectivity index (χ2v) is 5.04. The van der Waals surface area contributed by atoms with Crippen LogP contribution in [0.4, 0.5) is 9.93 Å². The summed E-state index contributed by atoms with van der Waals surface area (Å²) in [5.74, 6) is 0.832. The number of rotatable bonds is 5. The Bertz CT molecular complexity index is 566. The van der Waals surface area contributed by atoms with Crippen LogP contribution < -0.4 is 15.4 Å². The van der Waals surface area contributed by atoms with E-state index in [1.54, 1.807) is 0 Å². The Morgan fingerprint density at radius 2 is 2.10 bits per heavy atom. The third kappa shape index (κ3) is 4.24. The first-order chi connectivity index (χ1) is 9.67. The molecule has 0 aliphatic heterocycles. The molecule has 0 spiro atoms. The summed E-state index contributed by atoms with van der Waals surface area (Å²) in [5, 5.41) is 7.98. The largest absolute Gasteiger partial charge is 0.494 e. The number of nitrogens with zero attached hydrogens (tertiary/aromatic N) is 1. The molecule has 0 fully saturated rings. The zero-order valence-electron chi connectivity index (χ0n) is 11.5. The van der Waals surface area contributed by atoms with E-state index in [0.717, 1.165) is 17.0 Å².